The van der Waals surface area contributed by atoms with E-state index in [2.05, 4.69) is 6.07 Å². The smallest absolute Gasteiger partial charge is 0.164 e. The maximum absolute atomic E-state index is 10.6. The molecule has 6 nitrogen and oxygen atoms in total. The molecule has 0 saturated heterocycles. The molecule has 4 aromatic carbocycles. The van der Waals surface area contributed by atoms with Gasteiger partial charge in [0, 0.05) is 21.7 Å². The van der Waals surface area contributed by atoms with Crippen molar-refractivity contribution in [2.24, 2.45) is 0 Å². The minimum Gasteiger partial charge on any atom is -0.504 e. The normalized spacial score (nSPS) is 10.9. The maximum atomic E-state index is 10.6. The fourth-order valence-electron chi connectivity index (χ4n) is 4.74. The molecule has 0 fully saturated rings. The molecule has 0 radical (unpaired) electrons. The molecule has 2 aromatic heterocycles. The molecular formula is C32H21ClN4O2. The first-order valence-corrected chi connectivity index (χ1v) is 12.6. The highest BCUT2D eigenvalue weighted by atomic mass is 35.5. The van der Waals surface area contributed by atoms with Gasteiger partial charge >= 0.3 is 0 Å². The first kappa shape index (κ1) is 24.2. The topological polar surface area (TPSA) is 84.0 Å². The number of phenolic OH excluding ortho intramolecular Hbond substituents is 1. The summed E-state index contributed by atoms with van der Waals surface area (Å²) in [5.74, 6) is 0.303. The van der Waals surface area contributed by atoms with Crippen LogP contribution in [0.25, 0.3) is 50.4 Å². The van der Waals surface area contributed by atoms with Crippen molar-refractivity contribution in [1.29, 1.82) is 5.26 Å². The molecule has 6 aromatic rings. The molecule has 0 spiro atoms. The standard InChI is InChI=1S/C32H21ClN4O2/c1-39-27-18-22(14-17-26(27)38)28-25(19-34)30(21-12-15-23(33)16-13-21)35-32-29(28)31(20-8-4-2-5-9-20)36-37(32)24-10-6-3-7-11-24/h2-18,38H,1H3. The van der Waals surface area contributed by atoms with Gasteiger partial charge in [0.2, 0.25) is 0 Å². The van der Waals surface area contributed by atoms with Crippen molar-refractivity contribution in [3.63, 3.8) is 0 Å². The molecule has 0 amide bonds. The molecule has 0 unspecified atom stereocenters. The lowest BCUT2D eigenvalue weighted by molar-refractivity contribution is 0.373. The van der Waals surface area contributed by atoms with Gasteiger partial charge in [-0.05, 0) is 42.0 Å². The number of para-hydroxylation sites is 1. The second-order valence-corrected chi connectivity index (χ2v) is 9.31. The van der Waals surface area contributed by atoms with Gasteiger partial charge in [0.15, 0.2) is 17.1 Å². The van der Waals surface area contributed by atoms with Crippen LogP contribution >= 0.6 is 11.6 Å². The zero-order valence-corrected chi connectivity index (χ0v) is 21.6. The van der Waals surface area contributed by atoms with Crippen LogP contribution in [0.5, 0.6) is 11.5 Å². The number of ether oxygens (including phenoxy) is 1. The van der Waals surface area contributed by atoms with E-state index in [1.807, 2.05) is 72.8 Å². The maximum Gasteiger partial charge on any atom is 0.164 e. The molecule has 0 atom stereocenters. The summed E-state index contributed by atoms with van der Waals surface area (Å²) in [6.07, 6.45) is 0. The Morgan fingerprint density at radius 3 is 2.13 bits per heavy atom. The molecule has 6 rings (SSSR count). The van der Waals surface area contributed by atoms with Crippen LogP contribution in [-0.2, 0) is 0 Å². The van der Waals surface area contributed by atoms with Crippen LogP contribution in [0.15, 0.2) is 103 Å². The number of pyridine rings is 1. The molecule has 0 aliphatic carbocycles. The summed E-state index contributed by atoms with van der Waals surface area (Å²) in [5.41, 5.74) is 5.94. The van der Waals surface area contributed by atoms with Crippen LogP contribution in [0, 0.1) is 11.3 Å². The number of fused-ring (bicyclic) bond motifs is 1. The Labute approximate surface area is 230 Å². The Hall–Kier alpha value is -5.12. The van der Waals surface area contributed by atoms with Crippen molar-refractivity contribution in [2.45, 2.75) is 0 Å². The Kier molecular flexibility index (Phi) is 6.20. The van der Waals surface area contributed by atoms with Gasteiger partial charge in [0.1, 0.15) is 11.8 Å². The van der Waals surface area contributed by atoms with E-state index in [0.717, 1.165) is 16.8 Å². The highest BCUT2D eigenvalue weighted by molar-refractivity contribution is 6.30. The molecule has 1 N–H and O–H groups in total. The average molecular weight is 529 g/mol. The summed E-state index contributed by atoms with van der Waals surface area (Å²) in [6.45, 7) is 0. The van der Waals surface area contributed by atoms with Crippen molar-refractivity contribution in [2.75, 3.05) is 7.11 Å². The number of hydrogen-bond donors (Lipinski definition) is 1. The number of halogens is 1. The molecule has 188 valence electrons. The highest BCUT2D eigenvalue weighted by Crippen LogP contribution is 2.43. The van der Waals surface area contributed by atoms with Crippen LogP contribution in [-0.4, -0.2) is 27.0 Å². The predicted octanol–water partition coefficient (Wildman–Crippen LogP) is 7.66. The Bertz CT molecular complexity index is 1860. The molecule has 7 heteroatoms. The second kappa shape index (κ2) is 9.97. The molecular weight excluding hydrogens is 508 g/mol. The zero-order valence-electron chi connectivity index (χ0n) is 20.8. The van der Waals surface area contributed by atoms with Crippen molar-refractivity contribution in [1.82, 2.24) is 14.8 Å². The van der Waals surface area contributed by atoms with Gasteiger partial charge in [0.25, 0.3) is 0 Å². The van der Waals surface area contributed by atoms with Gasteiger partial charge in [-0.1, -0.05) is 78.3 Å². The van der Waals surface area contributed by atoms with E-state index in [9.17, 15) is 10.4 Å². The van der Waals surface area contributed by atoms with Gasteiger partial charge in [-0.3, -0.25) is 0 Å². The summed E-state index contributed by atoms with van der Waals surface area (Å²) in [4.78, 5) is 5.07. The number of hydrogen-bond acceptors (Lipinski definition) is 5. The van der Waals surface area contributed by atoms with Crippen LogP contribution in [0.4, 0.5) is 0 Å². The first-order chi connectivity index (χ1) is 19.1. The van der Waals surface area contributed by atoms with E-state index in [1.54, 1.807) is 35.0 Å². The fourth-order valence-corrected chi connectivity index (χ4v) is 4.87. The van der Waals surface area contributed by atoms with Crippen LogP contribution in [0.3, 0.4) is 0 Å². The minimum absolute atomic E-state index is 0.00578. The minimum atomic E-state index is 0.00578. The summed E-state index contributed by atoms with van der Waals surface area (Å²) >= 11 is 6.18. The molecule has 0 aliphatic rings. The molecule has 39 heavy (non-hydrogen) atoms. The molecule has 0 bridgehead atoms. The van der Waals surface area contributed by atoms with Gasteiger partial charge in [0.05, 0.1) is 29.4 Å². The second-order valence-electron chi connectivity index (χ2n) is 8.88. The van der Waals surface area contributed by atoms with Gasteiger partial charge in [-0.15, -0.1) is 0 Å². The fraction of sp³-hybridized carbons (Fsp3) is 0.0312. The Balaban J connectivity index is 1.82. The zero-order chi connectivity index (χ0) is 26.9. The highest BCUT2D eigenvalue weighted by Gasteiger charge is 2.26. The third-order valence-corrected chi connectivity index (χ3v) is 6.81. The SMILES string of the molecule is COc1cc(-c2c(C#N)c(-c3ccc(Cl)cc3)nc3c2c(-c2ccccc2)nn3-c2ccccc2)ccc1O. The summed E-state index contributed by atoms with van der Waals surface area (Å²) in [7, 11) is 1.49. The van der Waals surface area contributed by atoms with E-state index < -0.39 is 0 Å². The number of phenols is 1. The number of aromatic nitrogens is 3. The van der Waals surface area contributed by atoms with Crippen LogP contribution in [0.2, 0.25) is 5.02 Å². The molecule has 0 aliphatic heterocycles. The monoisotopic (exact) mass is 528 g/mol. The van der Waals surface area contributed by atoms with Gasteiger partial charge in [-0.2, -0.15) is 10.4 Å². The van der Waals surface area contributed by atoms with Crippen LogP contribution in [0.1, 0.15) is 5.56 Å². The number of nitrogens with zero attached hydrogens (tertiary/aromatic N) is 4. The Morgan fingerprint density at radius 1 is 0.821 bits per heavy atom. The lowest BCUT2D eigenvalue weighted by atomic mass is 9.92. The quantitative estimate of drug-likeness (QED) is 0.248. The molecule has 0 saturated carbocycles. The summed E-state index contributed by atoms with van der Waals surface area (Å²) in [6, 6.07) is 34.3. The largest absolute Gasteiger partial charge is 0.504 e. The van der Waals surface area contributed by atoms with Gasteiger partial charge in [-0.25, -0.2) is 9.67 Å². The number of benzene rings is 4. The van der Waals surface area contributed by atoms with E-state index in [4.69, 9.17) is 26.4 Å². The number of nitriles is 1. The van der Waals surface area contributed by atoms with E-state index in [1.165, 1.54) is 7.11 Å². The average Bonchev–Trinajstić information content (AvgIpc) is 3.37. The Morgan fingerprint density at radius 2 is 1.46 bits per heavy atom. The van der Waals surface area contributed by atoms with Crippen molar-refractivity contribution >= 4 is 22.6 Å². The van der Waals surface area contributed by atoms with E-state index in [-0.39, 0.29) is 5.75 Å². The number of methoxy groups -OCH3 is 1. The predicted molar refractivity (Wildman–Crippen MR) is 153 cm³/mol. The lowest BCUT2D eigenvalue weighted by Gasteiger charge is -2.14. The van der Waals surface area contributed by atoms with Gasteiger partial charge < -0.3 is 9.84 Å². The third-order valence-electron chi connectivity index (χ3n) is 6.56. The first-order valence-electron chi connectivity index (χ1n) is 12.2. The summed E-state index contributed by atoms with van der Waals surface area (Å²) in [5, 5.41) is 27.3. The molecule has 2 heterocycles. The summed E-state index contributed by atoms with van der Waals surface area (Å²) < 4.78 is 7.23. The van der Waals surface area contributed by atoms with E-state index in [0.29, 0.717) is 49.9 Å². The van der Waals surface area contributed by atoms with Crippen molar-refractivity contribution in [3.05, 3.63) is 114 Å². The lowest BCUT2D eigenvalue weighted by Crippen LogP contribution is -2.01. The third kappa shape index (κ3) is 4.25. The number of rotatable bonds is 5. The number of aromatic hydroxyl groups is 1. The van der Waals surface area contributed by atoms with Crippen LogP contribution < -0.4 is 4.74 Å². The van der Waals surface area contributed by atoms with Crippen molar-refractivity contribution < 1.29 is 9.84 Å². The van der Waals surface area contributed by atoms with E-state index >= 15 is 0 Å². The van der Waals surface area contributed by atoms with Crippen molar-refractivity contribution in [3.8, 4) is 56.9 Å².